The maximum atomic E-state index is 12.3. The number of anilines is 1. The number of benzene rings is 3. The first kappa shape index (κ1) is 23.3. The first-order chi connectivity index (χ1) is 16.4. The van der Waals surface area contributed by atoms with Crippen LogP contribution >= 0.6 is 15.9 Å². The number of nitrogens with zero attached hydrogens (tertiary/aromatic N) is 1. The van der Waals surface area contributed by atoms with Crippen molar-refractivity contribution in [3.8, 4) is 11.5 Å². The molecule has 172 valence electrons. The van der Waals surface area contributed by atoms with Crippen molar-refractivity contribution in [2.45, 2.75) is 6.92 Å². The van der Waals surface area contributed by atoms with Gasteiger partial charge in [-0.25, -0.2) is 9.79 Å². The molecule has 4 rings (SSSR count). The van der Waals surface area contributed by atoms with E-state index in [1.165, 1.54) is 7.11 Å². The molecule has 1 aliphatic rings. The molecule has 1 amide bonds. The van der Waals surface area contributed by atoms with Crippen molar-refractivity contribution in [1.29, 1.82) is 0 Å². The highest BCUT2D eigenvalue weighted by atomic mass is 79.9. The molecular weight excluding hydrogens is 500 g/mol. The van der Waals surface area contributed by atoms with Crippen LogP contribution in [0.4, 0.5) is 5.69 Å². The molecule has 0 bridgehead atoms. The van der Waals surface area contributed by atoms with Gasteiger partial charge in [-0.3, -0.25) is 4.79 Å². The Hall–Kier alpha value is -3.91. The van der Waals surface area contributed by atoms with Crippen molar-refractivity contribution in [3.05, 3.63) is 93.6 Å². The molecule has 0 aliphatic carbocycles. The molecule has 8 heteroatoms. The Morgan fingerprint density at radius 2 is 1.88 bits per heavy atom. The zero-order chi connectivity index (χ0) is 24.1. The van der Waals surface area contributed by atoms with Crippen LogP contribution in [0.3, 0.4) is 0 Å². The zero-order valence-electron chi connectivity index (χ0n) is 18.5. The Kier molecular flexibility index (Phi) is 7.08. The van der Waals surface area contributed by atoms with E-state index in [0.29, 0.717) is 22.7 Å². The lowest BCUT2D eigenvalue weighted by molar-refractivity contribution is -0.130. The summed E-state index contributed by atoms with van der Waals surface area (Å²) >= 11 is 3.44. The van der Waals surface area contributed by atoms with Crippen LogP contribution in [0.1, 0.15) is 16.7 Å². The number of nitrogens with one attached hydrogen (secondary N) is 1. The Morgan fingerprint density at radius 1 is 1.09 bits per heavy atom. The lowest BCUT2D eigenvalue weighted by Crippen LogP contribution is -2.20. The van der Waals surface area contributed by atoms with Crippen LogP contribution in [-0.4, -0.2) is 31.5 Å². The number of carbonyl (C=O) groups is 2. The molecule has 1 aliphatic heterocycles. The number of aryl methyl sites for hydroxylation is 1. The van der Waals surface area contributed by atoms with Crippen LogP contribution in [0.5, 0.6) is 11.5 Å². The zero-order valence-corrected chi connectivity index (χ0v) is 20.1. The Bertz CT molecular complexity index is 1300. The first-order valence-corrected chi connectivity index (χ1v) is 11.2. The summed E-state index contributed by atoms with van der Waals surface area (Å²) in [6, 6.07) is 19.9. The van der Waals surface area contributed by atoms with Gasteiger partial charge in [-0.15, -0.1) is 0 Å². The summed E-state index contributed by atoms with van der Waals surface area (Å²) in [5, 5.41) is 2.80. The van der Waals surface area contributed by atoms with Gasteiger partial charge in [0.2, 0.25) is 5.90 Å². The minimum absolute atomic E-state index is 0.178. The molecule has 0 aromatic heterocycles. The predicted octanol–water partition coefficient (Wildman–Crippen LogP) is 5.13. The number of amides is 1. The third kappa shape index (κ3) is 5.52. The number of ether oxygens (including phenoxy) is 3. The molecule has 0 unspecified atom stereocenters. The molecule has 3 aromatic carbocycles. The van der Waals surface area contributed by atoms with E-state index in [1.807, 2.05) is 55.5 Å². The molecule has 0 radical (unpaired) electrons. The van der Waals surface area contributed by atoms with Crippen molar-refractivity contribution in [2.24, 2.45) is 4.99 Å². The molecule has 1 heterocycles. The second kappa shape index (κ2) is 10.4. The van der Waals surface area contributed by atoms with E-state index < -0.39 is 5.97 Å². The molecule has 0 saturated carbocycles. The molecular formula is C26H21BrN2O5. The van der Waals surface area contributed by atoms with Crippen LogP contribution in [0.15, 0.2) is 81.9 Å². The van der Waals surface area contributed by atoms with Crippen molar-refractivity contribution in [3.63, 3.8) is 0 Å². The lowest BCUT2D eigenvalue weighted by atomic mass is 10.1. The molecule has 34 heavy (non-hydrogen) atoms. The SMILES string of the molecule is COc1cc(C=C2N=C(c3ccccc3)OC2=O)ccc1OCC(=O)Nc1ccc(C)cc1Br. The quantitative estimate of drug-likeness (QED) is 0.344. The van der Waals surface area contributed by atoms with Gasteiger partial charge < -0.3 is 19.5 Å². The largest absolute Gasteiger partial charge is 0.493 e. The van der Waals surface area contributed by atoms with Gasteiger partial charge in [0.25, 0.3) is 5.91 Å². The van der Waals surface area contributed by atoms with Crippen molar-refractivity contribution >= 4 is 45.5 Å². The Morgan fingerprint density at radius 3 is 2.62 bits per heavy atom. The Balaban J connectivity index is 1.45. The van der Waals surface area contributed by atoms with Crippen LogP contribution in [0, 0.1) is 6.92 Å². The van der Waals surface area contributed by atoms with Crippen molar-refractivity contribution in [2.75, 3.05) is 19.0 Å². The van der Waals surface area contributed by atoms with E-state index in [4.69, 9.17) is 14.2 Å². The molecule has 7 nitrogen and oxygen atoms in total. The highest BCUT2D eigenvalue weighted by molar-refractivity contribution is 9.10. The molecule has 0 spiro atoms. The van der Waals surface area contributed by atoms with Gasteiger partial charge in [0.1, 0.15) is 0 Å². The molecule has 0 atom stereocenters. The summed E-state index contributed by atoms with van der Waals surface area (Å²) in [7, 11) is 1.50. The van der Waals surface area contributed by atoms with Gasteiger partial charge in [0, 0.05) is 10.0 Å². The summed E-state index contributed by atoms with van der Waals surface area (Å²) in [5.41, 5.74) is 3.30. The average Bonchev–Trinajstić information content (AvgIpc) is 3.20. The number of rotatable bonds is 7. The number of esters is 1. The maximum Gasteiger partial charge on any atom is 0.363 e. The first-order valence-electron chi connectivity index (χ1n) is 10.4. The standard InChI is InChI=1S/C26H21BrN2O5/c1-16-8-10-20(19(27)12-16)28-24(30)15-33-22-11-9-17(14-23(22)32-2)13-21-26(31)34-25(29-21)18-6-4-3-5-7-18/h3-14H,15H2,1-2H3,(H,28,30). The normalized spacial score (nSPS) is 13.9. The van der Waals surface area contributed by atoms with Crippen LogP contribution in [0.2, 0.25) is 0 Å². The number of hydrogen-bond acceptors (Lipinski definition) is 6. The second-order valence-electron chi connectivity index (χ2n) is 7.43. The van der Waals surface area contributed by atoms with Crippen molar-refractivity contribution < 1.29 is 23.8 Å². The topological polar surface area (TPSA) is 86.2 Å². The summed E-state index contributed by atoms with van der Waals surface area (Å²) in [4.78, 5) is 28.9. The maximum absolute atomic E-state index is 12.3. The minimum atomic E-state index is -0.530. The van der Waals surface area contributed by atoms with E-state index >= 15 is 0 Å². The fourth-order valence-corrected chi connectivity index (χ4v) is 3.81. The molecule has 0 saturated heterocycles. The average molecular weight is 521 g/mol. The van der Waals surface area contributed by atoms with E-state index in [1.54, 1.807) is 24.3 Å². The van der Waals surface area contributed by atoms with E-state index in [2.05, 4.69) is 26.2 Å². The minimum Gasteiger partial charge on any atom is -0.493 e. The second-order valence-corrected chi connectivity index (χ2v) is 8.29. The van der Waals surface area contributed by atoms with E-state index in [0.717, 1.165) is 15.6 Å². The third-order valence-corrected chi connectivity index (χ3v) is 5.55. The Labute approximate surface area is 205 Å². The predicted molar refractivity (Wildman–Crippen MR) is 133 cm³/mol. The summed E-state index contributed by atoms with van der Waals surface area (Å²) < 4.78 is 17.1. The van der Waals surface area contributed by atoms with Gasteiger partial charge >= 0.3 is 5.97 Å². The van der Waals surface area contributed by atoms with Gasteiger partial charge in [-0.05, 0) is 76.5 Å². The van der Waals surface area contributed by atoms with Crippen LogP contribution in [0.25, 0.3) is 6.08 Å². The summed E-state index contributed by atoms with van der Waals surface area (Å²) in [6.07, 6.45) is 1.60. The number of cyclic esters (lactones) is 1. The summed E-state index contributed by atoms with van der Waals surface area (Å²) in [6.45, 7) is 1.77. The number of methoxy groups -OCH3 is 1. The third-order valence-electron chi connectivity index (χ3n) is 4.89. The van der Waals surface area contributed by atoms with Crippen molar-refractivity contribution in [1.82, 2.24) is 0 Å². The molecule has 3 aromatic rings. The van der Waals surface area contributed by atoms with Gasteiger partial charge in [0.15, 0.2) is 23.8 Å². The highest BCUT2D eigenvalue weighted by Crippen LogP contribution is 2.30. The fourth-order valence-electron chi connectivity index (χ4n) is 3.22. The van der Waals surface area contributed by atoms with Gasteiger partial charge in [0.05, 0.1) is 12.8 Å². The highest BCUT2D eigenvalue weighted by Gasteiger charge is 2.24. The number of aliphatic imine (C=N–C) groups is 1. The lowest BCUT2D eigenvalue weighted by Gasteiger charge is -2.12. The van der Waals surface area contributed by atoms with E-state index in [9.17, 15) is 9.59 Å². The molecule has 0 fully saturated rings. The number of halogens is 1. The van der Waals surface area contributed by atoms with Gasteiger partial charge in [-0.1, -0.05) is 30.3 Å². The smallest absolute Gasteiger partial charge is 0.363 e. The monoisotopic (exact) mass is 520 g/mol. The summed E-state index contributed by atoms with van der Waals surface area (Å²) in [5.74, 6) is 0.226. The van der Waals surface area contributed by atoms with Crippen LogP contribution < -0.4 is 14.8 Å². The van der Waals surface area contributed by atoms with Crippen LogP contribution in [-0.2, 0) is 14.3 Å². The number of carbonyl (C=O) groups excluding carboxylic acids is 2. The molecule has 1 N–H and O–H groups in total. The van der Waals surface area contributed by atoms with Gasteiger partial charge in [-0.2, -0.15) is 0 Å². The number of hydrogen-bond donors (Lipinski definition) is 1. The fraction of sp³-hybridized carbons (Fsp3) is 0.115. The van der Waals surface area contributed by atoms with E-state index in [-0.39, 0.29) is 24.1 Å².